The van der Waals surface area contributed by atoms with E-state index >= 15 is 0 Å². The van der Waals surface area contributed by atoms with Gasteiger partial charge in [0, 0.05) is 11.6 Å². The molecule has 0 spiro atoms. The highest BCUT2D eigenvalue weighted by molar-refractivity contribution is 7.80. The number of hydrogen-bond acceptors (Lipinski definition) is 6. The van der Waals surface area contributed by atoms with E-state index in [9.17, 15) is 0 Å². The molecule has 2 rings (SSSR count). The Morgan fingerprint density at radius 3 is 2.76 bits per heavy atom. The standard InChI is InChI=1S/C10H11N5S2/c1-6(10-12-2-3-17-10)15-8-5-13-7(4-14-8)9(11)16/h2-6H,1H3,(H2,11,16)(H,14,15). The first-order valence-corrected chi connectivity index (χ1v) is 6.23. The fourth-order valence-corrected chi connectivity index (χ4v) is 2.01. The lowest BCUT2D eigenvalue weighted by Crippen LogP contribution is -2.13. The highest BCUT2D eigenvalue weighted by Gasteiger charge is 2.08. The maximum Gasteiger partial charge on any atom is 0.145 e. The smallest absolute Gasteiger partial charge is 0.145 e. The van der Waals surface area contributed by atoms with Gasteiger partial charge in [0.25, 0.3) is 0 Å². The summed E-state index contributed by atoms with van der Waals surface area (Å²) in [6.45, 7) is 2.02. The number of nitrogens with one attached hydrogen (secondary N) is 1. The average Bonchev–Trinajstić information content (AvgIpc) is 2.83. The van der Waals surface area contributed by atoms with Crippen LogP contribution in [0.2, 0.25) is 0 Å². The number of thiocarbonyl (C=S) groups is 1. The normalized spacial score (nSPS) is 12.1. The number of nitrogens with two attached hydrogens (primary N) is 1. The Kier molecular flexibility index (Phi) is 3.60. The van der Waals surface area contributed by atoms with Gasteiger partial charge in [0.15, 0.2) is 0 Å². The minimum absolute atomic E-state index is 0.0972. The molecule has 0 aliphatic carbocycles. The summed E-state index contributed by atoms with van der Waals surface area (Å²) in [7, 11) is 0. The minimum Gasteiger partial charge on any atom is -0.388 e. The minimum atomic E-state index is 0.0972. The Labute approximate surface area is 108 Å². The molecule has 5 nitrogen and oxygen atoms in total. The van der Waals surface area contributed by atoms with Gasteiger partial charge in [0.05, 0.1) is 18.4 Å². The molecule has 2 heterocycles. The first-order valence-electron chi connectivity index (χ1n) is 4.94. The van der Waals surface area contributed by atoms with E-state index in [1.54, 1.807) is 29.9 Å². The van der Waals surface area contributed by atoms with Crippen LogP contribution in [-0.2, 0) is 0 Å². The molecule has 0 saturated carbocycles. The SMILES string of the molecule is CC(Nc1cnc(C(N)=S)cn1)c1nccs1. The van der Waals surface area contributed by atoms with Gasteiger partial charge in [0.2, 0.25) is 0 Å². The summed E-state index contributed by atoms with van der Waals surface area (Å²) in [5, 5.41) is 6.15. The van der Waals surface area contributed by atoms with E-state index in [4.69, 9.17) is 18.0 Å². The van der Waals surface area contributed by atoms with Crippen LogP contribution in [-0.4, -0.2) is 19.9 Å². The Balaban J connectivity index is 2.06. The van der Waals surface area contributed by atoms with Crippen molar-refractivity contribution in [2.24, 2.45) is 5.73 Å². The third-order valence-electron chi connectivity index (χ3n) is 2.09. The molecule has 1 atom stereocenters. The monoisotopic (exact) mass is 265 g/mol. The van der Waals surface area contributed by atoms with E-state index in [-0.39, 0.29) is 11.0 Å². The molecular formula is C10H11N5S2. The summed E-state index contributed by atoms with van der Waals surface area (Å²) in [6.07, 6.45) is 4.94. The van der Waals surface area contributed by atoms with Crippen molar-refractivity contribution >= 4 is 34.4 Å². The highest BCUT2D eigenvalue weighted by Crippen LogP contribution is 2.18. The van der Waals surface area contributed by atoms with Crippen LogP contribution in [0.1, 0.15) is 23.7 Å². The Morgan fingerprint density at radius 1 is 1.41 bits per heavy atom. The molecule has 88 valence electrons. The van der Waals surface area contributed by atoms with Crippen molar-refractivity contribution in [1.29, 1.82) is 0 Å². The number of anilines is 1. The molecule has 2 aromatic heterocycles. The molecule has 0 aliphatic heterocycles. The fourth-order valence-electron chi connectivity index (χ4n) is 1.26. The Morgan fingerprint density at radius 2 is 2.24 bits per heavy atom. The van der Waals surface area contributed by atoms with E-state index in [0.717, 1.165) is 5.01 Å². The van der Waals surface area contributed by atoms with Crippen molar-refractivity contribution in [1.82, 2.24) is 15.0 Å². The van der Waals surface area contributed by atoms with Crippen LogP contribution in [0.15, 0.2) is 24.0 Å². The molecule has 17 heavy (non-hydrogen) atoms. The van der Waals surface area contributed by atoms with Crippen molar-refractivity contribution in [3.05, 3.63) is 34.7 Å². The van der Waals surface area contributed by atoms with Gasteiger partial charge < -0.3 is 11.1 Å². The van der Waals surface area contributed by atoms with Crippen molar-refractivity contribution < 1.29 is 0 Å². The number of hydrogen-bond donors (Lipinski definition) is 2. The van der Waals surface area contributed by atoms with Crippen LogP contribution in [0.4, 0.5) is 5.82 Å². The highest BCUT2D eigenvalue weighted by atomic mass is 32.1. The lowest BCUT2D eigenvalue weighted by atomic mass is 10.3. The van der Waals surface area contributed by atoms with Crippen LogP contribution in [0.25, 0.3) is 0 Å². The molecule has 3 N–H and O–H groups in total. The summed E-state index contributed by atoms with van der Waals surface area (Å²) in [4.78, 5) is 12.8. The maximum absolute atomic E-state index is 5.44. The zero-order valence-electron chi connectivity index (χ0n) is 9.12. The van der Waals surface area contributed by atoms with E-state index in [2.05, 4.69) is 20.3 Å². The second-order valence-corrected chi connectivity index (χ2v) is 4.75. The number of aromatic nitrogens is 3. The zero-order chi connectivity index (χ0) is 12.3. The van der Waals surface area contributed by atoms with Gasteiger partial charge in [-0.3, -0.25) is 0 Å². The van der Waals surface area contributed by atoms with Crippen molar-refractivity contribution in [3.8, 4) is 0 Å². The third-order valence-corrected chi connectivity index (χ3v) is 3.26. The van der Waals surface area contributed by atoms with Gasteiger partial charge >= 0.3 is 0 Å². The summed E-state index contributed by atoms with van der Waals surface area (Å²) >= 11 is 6.40. The average molecular weight is 265 g/mol. The lowest BCUT2D eigenvalue weighted by molar-refractivity contribution is 0.857. The number of nitrogens with zero attached hydrogens (tertiary/aromatic N) is 3. The van der Waals surface area contributed by atoms with Crippen LogP contribution < -0.4 is 11.1 Å². The molecule has 0 saturated heterocycles. The van der Waals surface area contributed by atoms with E-state index in [1.807, 2.05) is 12.3 Å². The summed E-state index contributed by atoms with van der Waals surface area (Å²) < 4.78 is 0. The van der Waals surface area contributed by atoms with Crippen LogP contribution in [0.3, 0.4) is 0 Å². The summed E-state index contributed by atoms with van der Waals surface area (Å²) in [5.74, 6) is 0.674. The molecule has 7 heteroatoms. The maximum atomic E-state index is 5.44. The zero-order valence-corrected chi connectivity index (χ0v) is 10.8. The van der Waals surface area contributed by atoms with Gasteiger partial charge in [-0.15, -0.1) is 11.3 Å². The molecule has 0 aliphatic rings. The van der Waals surface area contributed by atoms with Crippen molar-refractivity contribution in [3.63, 3.8) is 0 Å². The molecule has 0 fully saturated rings. The molecular weight excluding hydrogens is 254 g/mol. The first kappa shape index (κ1) is 11.9. The van der Waals surface area contributed by atoms with Gasteiger partial charge in [0.1, 0.15) is 21.5 Å². The predicted octanol–water partition coefficient (Wildman–Crippen LogP) is 1.74. The van der Waals surface area contributed by atoms with Crippen molar-refractivity contribution in [2.75, 3.05) is 5.32 Å². The Bertz CT molecular complexity index is 494. The lowest BCUT2D eigenvalue weighted by Gasteiger charge is -2.11. The molecule has 2 aromatic rings. The largest absolute Gasteiger partial charge is 0.388 e. The fraction of sp³-hybridized carbons (Fsp3) is 0.200. The number of thiazole rings is 1. The molecule has 0 bridgehead atoms. The third kappa shape index (κ3) is 2.95. The van der Waals surface area contributed by atoms with E-state index in [1.165, 1.54) is 0 Å². The van der Waals surface area contributed by atoms with Crippen LogP contribution in [0, 0.1) is 0 Å². The molecule has 0 aromatic carbocycles. The number of rotatable bonds is 4. The van der Waals surface area contributed by atoms with Gasteiger partial charge in [-0.1, -0.05) is 12.2 Å². The second-order valence-electron chi connectivity index (χ2n) is 3.39. The van der Waals surface area contributed by atoms with Crippen LogP contribution >= 0.6 is 23.6 Å². The van der Waals surface area contributed by atoms with E-state index < -0.39 is 0 Å². The molecule has 0 radical (unpaired) electrons. The van der Waals surface area contributed by atoms with Crippen molar-refractivity contribution in [2.45, 2.75) is 13.0 Å². The summed E-state index contributed by atoms with van der Waals surface area (Å²) in [5.41, 5.74) is 5.96. The molecule has 1 unspecified atom stereocenters. The topological polar surface area (TPSA) is 76.7 Å². The quantitative estimate of drug-likeness (QED) is 0.820. The van der Waals surface area contributed by atoms with Crippen LogP contribution in [0.5, 0.6) is 0 Å². The van der Waals surface area contributed by atoms with Gasteiger partial charge in [-0.2, -0.15) is 0 Å². The van der Waals surface area contributed by atoms with Gasteiger partial charge in [-0.25, -0.2) is 15.0 Å². The first-order chi connectivity index (χ1) is 8.16. The van der Waals surface area contributed by atoms with Gasteiger partial charge in [-0.05, 0) is 6.92 Å². The second kappa shape index (κ2) is 5.15. The van der Waals surface area contributed by atoms with E-state index in [0.29, 0.717) is 11.5 Å². The summed E-state index contributed by atoms with van der Waals surface area (Å²) in [6, 6.07) is 0.0972. The predicted molar refractivity (Wildman–Crippen MR) is 72.1 cm³/mol. The Hall–Kier alpha value is -1.60. The molecule has 0 amide bonds.